The second-order valence-electron chi connectivity index (χ2n) is 5.19. The van der Waals surface area contributed by atoms with E-state index in [2.05, 4.69) is 16.4 Å². The largest absolute Gasteiger partial charge is 0.425 e. The summed E-state index contributed by atoms with van der Waals surface area (Å²) in [5.41, 5.74) is 3.50. The summed E-state index contributed by atoms with van der Waals surface area (Å²) in [6.45, 7) is 0. The van der Waals surface area contributed by atoms with Gasteiger partial charge in [-0.25, -0.2) is 5.32 Å². The van der Waals surface area contributed by atoms with Crippen molar-refractivity contribution in [1.82, 2.24) is 5.32 Å². The van der Waals surface area contributed by atoms with Crippen LogP contribution in [0.2, 0.25) is 0 Å². The standard InChI is InChI=1S/C18H17N3O/c19-13-20-18(22-15-9-2-1-3-10-15)21-17-12-6-8-14-7-4-5-11-16(14)17/h1-3,6,8-10,12H,4-5,7,11H2,(H,20,21). The van der Waals surface area contributed by atoms with Crippen LogP contribution in [0.5, 0.6) is 5.75 Å². The molecule has 0 aliphatic heterocycles. The topological polar surface area (TPSA) is 57.4 Å². The van der Waals surface area contributed by atoms with E-state index in [0.29, 0.717) is 5.75 Å². The third-order valence-electron chi connectivity index (χ3n) is 3.71. The fraction of sp³-hybridized carbons (Fsp3) is 0.222. The Kier molecular flexibility index (Phi) is 4.35. The smallest absolute Gasteiger partial charge is 0.309 e. The number of hydrogen-bond acceptors (Lipinski definition) is 3. The van der Waals surface area contributed by atoms with Gasteiger partial charge in [0.25, 0.3) is 0 Å². The van der Waals surface area contributed by atoms with Crippen LogP contribution < -0.4 is 10.1 Å². The monoisotopic (exact) mass is 291 g/mol. The average Bonchev–Trinajstić information content (AvgIpc) is 2.56. The molecule has 22 heavy (non-hydrogen) atoms. The van der Waals surface area contributed by atoms with Gasteiger partial charge in [-0.1, -0.05) is 30.3 Å². The summed E-state index contributed by atoms with van der Waals surface area (Å²) in [6.07, 6.45) is 6.41. The molecule has 0 spiro atoms. The van der Waals surface area contributed by atoms with Gasteiger partial charge in [0, 0.05) is 0 Å². The first-order valence-corrected chi connectivity index (χ1v) is 7.44. The second-order valence-corrected chi connectivity index (χ2v) is 5.19. The molecule has 4 nitrogen and oxygen atoms in total. The number of nitrogens with zero attached hydrogens (tertiary/aromatic N) is 2. The molecular formula is C18H17N3O. The van der Waals surface area contributed by atoms with Crippen molar-refractivity contribution >= 4 is 11.7 Å². The minimum absolute atomic E-state index is 0.202. The molecule has 0 amide bonds. The van der Waals surface area contributed by atoms with Gasteiger partial charge in [-0.15, -0.1) is 0 Å². The van der Waals surface area contributed by atoms with Crippen LogP contribution in [0.4, 0.5) is 5.69 Å². The zero-order chi connectivity index (χ0) is 15.2. The minimum Gasteiger partial charge on any atom is -0.425 e. The Balaban J connectivity index is 1.91. The summed E-state index contributed by atoms with van der Waals surface area (Å²) in [7, 11) is 0. The van der Waals surface area contributed by atoms with Crippen LogP contribution in [0.1, 0.15) is 24.0 Å². The number of fused-ring (bicyclic) bond motifs is 1. The van der Waals surface area contributed by atoms with E-state index in [1.165, 1.54) is 24.0 Å². The van der Waals surface area contributed by atoms with Crippen LogP contribution in [0.25, 0.3) is 0 Å². The number of hydrogen-bond donors (Lipinski definition) is 1. The lowest BCUT2D eigenvalue weighted by molar-refractivity contribution is 0.531. The van der Waals surface area contributed by atoms with Gasteiger partial charge in [-0.3, -0.25) is 0 Å². The lowest BCUT2D eigenvalue weighted by Gasteiger charge is -2.17. The molecule has 2 aromatic carbocycles. The molecule has 0 saturated carbocycles. The molecule has 0 bridgehead atoms. The Bertz CT molecular complexity index is 717. The third-order valence-corrected chi connectivity index (χ3v) is 3.71. The molecule has 3 rings (SSSR count). The molecule has 2 aromatic rings. The summed E-state index contributed by atoms with van der Waals surface area (Å²) >= 11 is 0. The van der Waals surface area contributed by atoms with E-state index in [9.17, 15) is 0 Å². The van der Waals surface area contributed by atoms with Crippen molar-refractivity contribution < 1.29 is 4.74 Å². The minimum atomic E-state index is 0.202. The molecule has 0 atom stereocenters. The number of rotatable bonds is 2. The van der Waals surface area contributed by atoms with Crippen molar-refractivity contribution in [3.8, 4) is 11.9 Å². The fourth-order valence-electron chi connectivity index (χ4n) is 2.70. The second kappa shape index (κ2) is 6.77. The fourth-order valence-corrected chi connectivity index (χ4v) is 2.70. The number of aryl methyl sites for hydroxylation is 1. The summed E-state index contributed by atoms with van der Waals surface area (Å²) in [5, 5.41) is 11.4. The molecule has 0 radical (unpaired) electrons. The Morgan fingerprint density at radius 3 is 2.68 bits per heavy atom. The van der Waals surface area contributed by atoms with Crippen molar-refractivity contribution in [3.05, 3.63) is 59.7 Å². The van der Waals surface area contributed by atoms with Crippen molar-refractivity contribution in [2.75, 3.05) is 0 Å². The Labute approximate surface area is 130 Å². The molecule has 4 heteroatoms. The molecule has 0 aromatic heterocycles. The molecule has 0 saturated heterocycles. The van der Waals surface area contributed by atoms with E-state index in [-0.39, 0.29) is 6.02 Å². The number of benzene rings is 2. The molecule has 110 valence electrons. The van der Waals surface area contributed by atoms with Crippen LogP contribution in [0.15, 0.2) is 53.5 Å². The molecule has 0 heterocycles. The maximum atomic E-state index is 8.91. The van der Waals surface area contributed by atoms with Crippen molar-refractivity contribution in [1.29, 1.82) is 5.26 Å². The SMILES string of the molecule is N#CNC(=Nc1cccc2c1CCCC2)Oc1ccccc1. The maximum absolute atomic E-state index is 8.91. The van der Waals surface area contributed by atoms with E-state index in [1.807, 2.05) is 48.7 Å². The van der Waals surface area contributed by atoms with Crippen LogP contribution >= 0.6 is 0 Å². The molecule has 1 aliphatic rings. The van der Waals surface area contributed by atoms with E-state index < -0.39 is 0 Å². The summed E-state index contributed by atoms with van der Waals surface area (Å²) < 4.78 is 5.67. The Hall–Kier alpha value is -2.80. The van der Waals surface area contributed by atoms with E-state index in [4.69, 9.17) is 10.00 Å². The lowest BCUT2D eigenvalue weighted by atomic mass is 9.90. The van der Waals surface area contributed by atoms with E-state index in [0.717, 1.165) is 18.5 Å². The average molecular weight is 291 g/mol. The van der Waals surface area contributed by atoms with E-state index >= 15 is 0 Å². The van der Waals surface area contributed by atoms with Crippen LogP contribution in [-0.2, 0) is 12.8 Å². The Morgan fingerprint density at radius 2 is 1.86 bits per heavy atom. The van der Waals surface area contributed by atoms with Crippen molar-refractivity contribution in [2.24, 2.45) is 4.99 Å². The number of ether oxygens (including phenoxy) is 1. The van der Waals surface area contributed by atoms with Gasteiger partial charge >= 0.3 is 6.02 Å². The predicted molar refractivity (Wildman–Crippen MR) is 86.0 cm³/mol. The van der Waals surface area contributed by atoms with Gasteiger partial charge in [-0.05, 0) is 55.0 Å². The summed E-state index contributed by atoms with van der Waals surface area (Å²) in [6, 6.07) is 15.7. The number of para-hydroxylation sites is 1. The third kappa shape index (κ3) is 3.26. The highest BCUT2D eigenvalue weighted by molar-refractivity contribution is 5.81. The molecule has 1 aliphatic carbocycles. The highest BCUT2D eigenvalue weighted by Gasteiger charge is 2.13. The first-order valence-electron chi connectivity index (χ1n) is 7.44. The quantitative estimate of drug-likeness (QED) is 0.397. The molecule has 0 fully saturated rings. The molecule has 0 unspecified atom stereocenters. The number of nitrogens with one attached hydrogen (secondary N) is 1. The van der Waals surface area contributed by atoms with Gasteiger partial charge in [0.1, 0.15) is 5.75 Å². The van der Waals surface area contributed by atoms with Crippen LogP contribution in [0.3, 0.4) is 0 Å². The van der Waals surface area contributed by atoms with E-state index in [1.54, 1.807) is 0 Å². The van der Waals surface area contributed by atoms with Gasteiger partial charge < -0.3 is 4.74 Å². The normalized spacial score (nSPS) is 13.9. The maximum Gasteiger partial charge on any atom is 0.309 e. The van der Waals surface area contributed by atoms with Gasteiger partial charge in [0.2, 0.25) is 0 Å². The predicted octanol–water partition coefficient (Wildman–Crippen LogP) is 3.70. The first kappa shape index (κ1) is 14.2. The lowest BCUT2D eigenvalue weighted by Crippen LogP contribution is -2.24. The zero-order valence-electron chi connectivity index (χ0n) is 12.2. The highest BCUT2D eigenvalue weighted by Crippen LogP contribution is 2.29. The van der Waals surface area contributed by atoms with Gasteiger partial charge in [0.15, 0.2) is 6.19 Å². The van der Waals surface area contributed by atoms with Crippen LogP contribution in [0, 0.1) is 11.5 Å². The van der Waals surface area contributed by atoms with Gasteiger partial charge in [0.05, 0.1) is 5.69 Å². The Morgan fingerprint density at radius 1 is 1.05 bits per heavy atom. The van der Waals surface area contributed by atoms with Gasteiger partial charge in [-0.2, -0.15) is 10.3 Å². The molecule has 1 N–H and O–H groups in total. The zero-order valence-corrected chi connectivity index (χ0v) is 12.2. The highest BCUT2D eigenvalue weighted by atomic mass is 16.5. The number of aliphatic imine (C=N–C) groups is 1. The number of nitriles is 1. The molecular weight excluding hydrogens is 274 g/mol. The van der Waals surface area contributed by atoms with Crippen molar-refractivity contribution in [2.45, 2.75) is 25.7 Å². The van der Waals surface area contributed by atoms with Crippen LogP contribution in [-0.4, -0.2) is 6.02 Å². The van der Waals surface area contributed by atoms with Crippen molar-refractivity contribution in [3.63, 3.8) is 0 Å². The summed E-state index contributed by atoms with van der Waals surface area (Å²) in [5.74, 6) is 0.647. The summed E-state index contributed by atoms with van der Waals surface area (Å²) in [4.78, 5) is 4.52. The number of amidine groups is 1. The first-order chi connectivity index (χ1) is 10.9.